The van der Waals surface area contributed by atoms with Crippen molar-refractivity contribution in [1.82, 2.24) is 10.2 Å². The van der Waals surface area contributed by atoms with Crippen LogP contribution >= 0.6 is 23.2 Å². The highest BCUT2D eigenvalue weighted by Crippen LogP contribution is 2.26. The van der Waals surface area contributed by atoms with Crippen molar-refractivity contribution in [2.75, 3.05) is 13.1 Å². The predicted molar refractivity (Wildman–Crippen MR) is 85.3 cm³/mol. The van der Waals surface area contributed by atoms with Gasteiger partial charge in [-0.2, -0.15) is 0 Å². The fourth-order valence-electron chi connectivity index (χ4n) is 2.53. The zero-order valence-corrected chi connectivity index (χ0v) is 13.7. The first kappa shape index (κ1) is 16.9. The van der Waals surface area contributed by atoms with Gasteiger partial charge in [-0.1, -0.05) is 23.2 Å². The lowest BCUT2D eigenvalue weighted by molar-refractivity contribution is -0.143. The van der Waals surface area contributed by atoms with E-state index in [-0.39, 0.29) is 18.0 Å². The summed E-state index contributed by atoms with van der Waals surface area (Å²) in [7, 11) is 0. The van der Waals surface area contributed by atoms with E-state index in [0.717, 1.165) is 5.56 Å². The molecule has 0 radical (unpaired) electrons. The average Bonchev–Trinajstić information content (AvgIpc) is 2.49. The minimum atomic E-state index is -0.792. The Balaban J connectivity index is 1.94. The van der Waals surface area contributed by atoms with E-state index < -0.39 is 5.97 Å². The lowest BCUT2D eigenvalue weighted by atomic mass is 9.97. The first-order valence-corrected chi connectivity index (χ1v) is 7.87. The molecule has 2 amide bonds. The van der Waals surface area contributed by atoms with Gasteiger partial charge in [0, 0.05) is 23.1 Å². The van der Waals surface area contributed by atoms with Crippen LogP contribution < -0.4 is 5.32 Å². The van der Waals surface area contributed by atoms with Gasteiger partial charge in [-0.25, -0.2) is 4.79 Å². The number of aliphatic carboxylic acids is 1. The van der Waals surface area contributed by atoms with Crippen molar-refractivity contribution in [3.8, 4) is 0 Å². The first-order chi connectivity index (χ1) is 10.4. The van der Waals surface area contributed by atoms with Crippen molar-refractivity contribution in [3.63, 3.8) is 0 Å². The molecule has 0 aliphatic carbocycles. The molecule has 1 unspecified atom stereocenters. The smallest absolute Gasteiger partial charge is 0.317 e. The number of likely N-dealkylation sites (tertiary alicyclic amines) is 1. The van der Waals surface area contributed by atoms with Crippen LogP contribution in [0.2, 0.25) is 10.0 Å². The molecule has 1 heterocycles. The fraction of sp³-hybridized carbons (Fsp3) is 0.467. The second-order valence-corrected chi connectivity index (χ2v) is 6.28. The number of hydrogen-bond donors (Lipinski definition) is 2. The Morgan fingerprint density at radius 1 is 1.32 bits per heavy atom. The second kappa shape index (κ2) is 7.20. The van der Waals surface area contributed by atoms with Crippen LogP contribution in [0.4, 0.5) is 4.79 Å². The number of rotatable bonds is 3. The van der Waals surface area contributed by atoms with Crippen LogP contribution in [0.15, 0.2) is 18.2 Å². The molecule has 1 aliphatic heterocycles. The zero-order valence-electron chi connectivity index (χ0n) is 12.2. The van der Waals surface area contributed by atoms with E-state index in [1.54, 1.807) is 23.1 Å². The van der Waals surface area contributed by atoms with Gasteiger partial charge in [0.05, 0.1) is 12.0 Å². The Hall–Kier alpha value is -1.46. The monoisotopic (exact) mass is 344 g/mol. The number of halogens is 2. The van der Waals surface area contributed by atoms with Crippen molar-refractivity contribution >= 4 is 35.2 Å². The van der Waals surface area contributed by atoms with Crippen LogP contribution in [0.3, 0.4) is 0 Å². The number of piperidine rings is 1. The van der Waals surface area contributed by atoms with Gasteiger partial charge in [0.25, 0.3) is 0 Å². The van der Waals surface area contributed by atoms with Gasteiger partial charge in [-0.15, -0.1) is 0 Å². The van der Waals surface area contributed by atoms with Gasteiger partial charge in [-0.3, -0.25) is 4.79 Å². The maximum absolute atomic E-state index is 12.2. The molecule has 0 spiro atoms. The number of amides is 2. The number of carboxylic acid groups (broad SMARTS) is 1. The summed E-state index contributed by atoms with van der Waals surface area (Å²) in [6.45, 7) is 2.72. The summed E-state index contributed by atoms with van der Waals surface area (Å²) in [5.74, 6) is -1.15. The van der Waals surface area contributed by atoms with E-state index in [1.165, 1.54) is 0 Å². The van der Waals surface area contributed by atoms with Crippen LogP contribution in [0.5, 0.6) is 0 Å². The Kier molecular flexibility index (Phi) is 5.53. The van der Waals surface area contributed by atoms with Crippen molar-refractivity contribution in [2.45, 2.75) is 25.8 Å². The lowest BCUT2D eigenvalue weighted by Crippen LogP contribution is -2.46. The van der Waals surface area contributed by atoms with E-state index in [2.05, 4.69) is 5.32 Å². The maximum Gasteiger partial charge on any atom is 0.317 e. The van der Waals surface area contributed by atoms with Gasteiger partial charge in [-0.05, 0) is 43.5 Å². The average molecular weight is 345 g/mol. The predicted octanol–water partition coefficient (Wildman–Crippen LogP) is 3.56. The molecule has 2 rings (SSSR count). The summed E-state index contributed by atoms with van der Waals surface area (Å²) in [6.07, 6.45) is 0.962. The van der Waals surface area contributed by atoms with Crippen LogP contribution in [0, 0.1) is 5.92 Å². The quantitative estimate of drug-likeness (QED) is 0.880. The van der Waals surface area contributed by atoms with E-state index in [9.17, 15) is 9.59 Å². The number of hydrogen-bond acceptors (Lipinski definition) is 2. The molecular weight excluding hydrogens is 327 g/mol. The van der Waals surface area contributed by atoms with Crippen molar-refractivity contribution in [3.05, 3.63) is 33.8 Å². The molecular formula is C15H18Cl2N2O3. The SMILES string of the molecule is CC(NC(=O)N1CCC(C(=O)O)CC1)c1cc(Cl)ccc1Cl. The summed E-state index contributed by atoms with van der Waals surface area (Å²) in [6, 6.07) is 4.62. The number of nitrogens with one attached hydrogen (secondary N) is 1. The fourth-order valence-corrected chi connectivity index (χ4v) is 2.99. The van der Waals surface area contributed by atoms with Gasteiger partial charge in [0.1, 0.15) is 0 Å². The first-order valence-electron chi connectivity index (χ1n) is 7.11. The number of carbonyl (C=O) groups is 2. The van der Waals surface area contributed by atoms with Crippen LogP contribution in [0.1, 0.15) is 31.4 Å². The Bertz CT molecular complexity index is 572. The van der Waals surface area contributed by atoms with E-state index in [4.69, 9.17) is 28.3 Å². The molecule has 1 aromatic rings. The molecule has 1 fully saturated rings. The normalized spacial score (nSPS) is 17.1. The van der Waals surface area contributed by atoms with Gasteiger partial charge >= 0.3 is 12.0 Å². The molecule has 0 bridgehead atoms. The number of nitrogens with zero attached hydrogens (tertiary/aromatic N) is 1. The molecule has 120 valence electrons. The van der Waals surface area contributed by atoms with Gasteiger partial charge < -0.3 is 15.3 Å². The largest absolute Gasteiger partial charge is 0.481 e. The van der Waals surface area contributed by atoms with Gasteiger partial charge in [0.2, 0.25) is 0 Å². The summed E-state index contributed by atoms with van der Waals surface area (Å²) in [4.78, 5) is 24.8. The molecule has 0 aromatic heterocycles. The second-order valence-electron chi connectivity index (χ2n) is 5.44. The number of carbonyl (C=O) groups excluding carboxylic acids is 1. The minimum absolute atomic E-state index is 0.215. The standard InChI is InChI=1S/C15H18Cl2N2O3/c1-9(12-8-11(16)2-3-13(12)17)18-15(22)19-6-4-10(5-7-19)14(20)21/h2-3,8-10H,4-7H2,1H3,(H,18,22)(H,20,21). The molecule has 2 N–H and O–H groups in total. The Morgan fingerprint density at radius 2 is 1.95 bits per heavy atom. The molecule has 0 saturated carbocycles. The van der Waals surface area contributed by atoms with Gasteiger partial charge in [0.15, 0.2) is 0 Å². The molecule has 1 aromatic carbocycles. The minimum Gasteiger partial charge on any atom is -0.481 e. The molecule has 1 saturated heterocycles. The van der Waals surface area contributed by atoms with E-state index in [1.807, 2.05) is 6.92 Å². The molecule has 7 heteroatoms. The number of benzene rings is 1. The molecule has 22 heavy (non-hydrogen) atoms. The molecule has 1 aliphatic rings. The van der Waals surface area contributed by atoms with E-state index >= 15 is 0 Å². The summed E-state index contributed by atoms with van der Waals surface area (Å²) < 4.78 is 0. The Labute approximate surface area is 139 Å². The van der Waals surface area contributed by atoms with Crippen molar-refractivity contribution < 1.29 is 14.7 Å². The third-order valence-electron chi connectivity index (χ3n) is 3.90. The zero-order chi connectivity index (χ0) is 16.3. The topological polar surface area (TPSA) is 69.6 Å². The number of carboxylic acids is 1. The lowest BCUT2D eigenvalue weighted by Gasteiger charge is -2.31. The van der Waals surface area contributed by atoms with Crippen LogP contribution in [0.25, 0.3) is 0 Å². The Morgan fingerprint density at radius 3 is 2.55 bits per heavy atom. The molecule has 5 nitrogen and oxygen atoms in total. The highest BCUT2D eigenvalue weighted by atomic mass is 35.5. The van der Waals surface area contributed by atoms with Crippen molar-refractivity contribution in [2.24, 2.45) is 5.92 Å². The summed E-state index contributed by atoms with van der Waals surface area (Å²) in [5.41, 5.74) is 0.753. The summed E-state index contributed by atoms with van der Waals surface area (Å²) >= 11 is 12.1. The van der Waals surface area contributed by atoms with Crippen molar-refractivity contribution in [1.29, 1.82) is 0 Å². The highest BCUT2D eigenvalue weighted by molar-refractivity contribution is 6.33. The van der Waals surface area contributed by atoms with Crippen LogP contribution in [-0.2, 0) is 4.79 Å². The van der Waals surface area contributed by atoms with E-state index in [0.29, 0.717) is 36.0 Å². The third-order valence-corrected chi connectivity index (χ3v) is 4.48. The highest BCUT2D eigenvalue weighted by Gasteiger charge is 2.27. The third kappa shape index (κ3) is 4.05. The summed E-state index contributed by atoms with van der Waals surface area (Å²) in [5, 5.41) is 12.9. The molecule has 1 atom stereocenters. The number of urea groups is 1. The maximum atomic E-state index is 12.2. The van der Waals surface area contributed by atoms with Crippen LogP contribution in [-0.4, -0.2) is 35.1 Å².